The first-order valence-electron chi connectivity index (χ1n) is 19.0. The average Bonchev–Trinajstić information content (AvgIpc) is 3.01. The van der Waals surface area contributed by atoms with Gasteiger partial charge in [-0.2, -0.15) is 0 Å². The van der Waals surface area contributed by atoms with Gasteiger partial charge in [-0.3, -0.25) is 19.2 Å². The monoisotopic (exact) mass is 631 g/mol. The highest BCUT2D eigenvalue weighted by Crippen LogP contribution is 2.28. The average molecular weight is 631 g/mol. The van der Waals surface area contributed by atoms with Gasteiger partial charge in [0.05, 0.1) is 0 Å². The SMILES string of the molecule is CCCCCCCCC=CCCCCCCCC(=O)C(C(C)=O)(C(=O)O)C(=O)CCCCCCCC=CCCCCCCCC. The molecule has 0 bridgehead atoms. The first-order chi connectivity index (χ1) is 21.8. The minimum Gasteiger partial charge on any atom is -0.480 e. The molecule has 0 aliphatic carbocycles. The molecule has 0 aromatic rings. The standard InChI is InChI=1S/C40H70O5/c1-4-6-8-10-12-14-16-18-20-22-24-26-28-30-32-34-37(42)40(36(3)41,39(44)45)38(43)35-33-31-29-27-25-23-21-19-17-15-13-11-9-7-5-2/h18-21H,4-17,22-35H2,1-3H3,(H,44,45). The zero-order chi connectivity index (χ0) is 33.4. The number of Topliss-reactive ketones (excluding diaryl/α,β-unsaturated/α-hetero) is 3. The smallest absolute Gasteiger partial charge is 0.332 e. The quantitative estimate of drug-likeness (QED) is 0.0434. The van der Waals surface area contributed by atoms with Crippen LogP contribution in [0.5, 0.6) is 0 Å². The summed E-state index contributed by atoms with van der Waals surface area (Å²) in [7, 11) is 0. The molecule has 0 aliphatic heterocycles. The zero-order valence-electron chi connectivity index (χ0n) is 29.7. The van der Waals surface area contributed by atoms with Gasteiger partial charge in [-0.15, -0.1) is 0 Å². The molecular weight excluding hydrogens is 560 g/mol. The number of rotatable bonds is 34. The Balaban J connectivity index is 4.19. The van der Waals surface area contributed by atoms with Gasteiger partial charge in [-0.25, -0.2) is 0 Å². The van der Waals surface area contributed by atoms with Gasteiger partial charge in [0.1, 0.15) is 0 Å². The maximum atomic E-state index is 13.0. The molecule has 0 saturated carbocycles. The molecule has 0 rings (SSSR count). The second-order valence-electron chi connectivity index (χ2n) is 13.1. The summed E-state index contributed by atoms with van der Waals surface area (Å²) in [5, 5.41) is 9.91. The molecule has 45 heavy (non-hydrogen) atoms. The van der Waals surface area contributed by atoms with Crippen LogP contribution < -0.4 is 0 Å². The lowest BCUT2D eigenvalue weighted by Crippen LogP contribution is -2.51. The number of aliphatic carboxylic acids is 1. The minimum absolute atomic E-state index is 0.0395. The predicted molar refractivity (Wildman–Crippen MR) is 190 cm³/mol. The number of unbranched alkanes of at least 4 members (excludes halogenated alkanes) is 22. The number of allylic oxidation sites excluding steroid dienone is 4. The van der Waals surface area contributed by atoms with Crippen LogP contribution in [0.4, 0.5) is 0 Å². The van der Waals surface area contributed by atoms with Crippen molar-refractivity contribution in [2.45, 2.75) is 201 Å². The first kappa shape index (κ1) is 43.0. The van der Waals surface area contributed by atoms with Crippen molar-refractivity contribution >= 4 is 23.3 Å². The van der Waals surface area contributed by atoms with Crippen molar-refractivity contribution in [1.82, 2.24) is 0 Å². The first-order valence-corrected chi connectivity index (χ1v) is 19.0. The molecule has 0 aromatic carbocycles. The zero-order valence-corrected chi connectivity index (χ0v) is 29.7. The highest BCUT2D eigenvalue weighted by molar-refractivity contribution is 6.36. The van der Waals surface area contributed by atoms with Crippen LogP contribution in [0.1, 0.15) is 201 Å². The van der Waals surface area contributed by atoms with Crippen LogP contribution in [0.25, 0.3) is 0 Å². The molecule has 0 amide bonds. The largest absolute Gasteiger partial charge is 0.480 e. The van der Waals surface area contributed by atoms with Crippen molar-refractivity contribution in [1.29, 1.82) is 0 Å². The van der Waals surface area contributed by atoms with Crippen molar-refractivity contribution in [3.8, 4) is 0 Å². The Morgan fingerprint density at radius 2 is 0.711 bits per heavy atom. The molecule has 260 valence electrons. The maximum absolute atomic E-state index is 13.0. The number of hydrogen-bond donors (Lipinski definition) is 1. The van der Waals surface area contributed by atoms with Crippen LogP contribution >= 0.6 is 0 Å². The lowest BCUT2D eigenvalue weighted by Gasteiger charge is -2.24. The summed E-state index contributed by atoms with van der Waals surface area (Å²) >= 11 is 0. The summed E-state index contributed by atoms with van der Waals surface area (Å²) in [6, 6.07) is 0. The van der Waals surface area contributed by atoms with Gasteiger partial charge in [0.2, 0.25) is 5.41 Å². The Morgan fingerprint density at radius 3 is 0.978 bits per heavy atom. The summed E-state index contributed by atoms with van der Waals surface area (Å²) < 4.78 is 0. The summed E-state index contributed by atoms with van der Waals surface area (Å²) in [5.41, 5.74) is -2.53. The Morgan fingerprint density at radius 1 is 0.444 bits per heavy atom. The lowest BCUT2D eigenvalue weighted by molar-refractivity contribution is -0.163. The van der Waals surface area contributed by atoms with Crippen LogP contribution in [0.15, 0.2) is 24.3 Å². The fourth-order valence-corrected chi connectivity index (χ4v) is 6.02. The van der Waals surface area contributed by atoms with Gasteiger partial charge in [-0.05, 0) is 71.1 Å². The number of carbonyl (C=O) groups excluding carboxylic acids is 3. The van der Waals surface area contributed by atoms with Crippen molar-refractivity contribution in [3.05, 3.63) is 24.3 Å². The highest BCUT2D eigenvalue weighted by Gasteiger charge is 2.55. The number of ketones is 3. The van der Waals surface area contributed by atoms with E-state index < -0.39 is 28.7 Å². The fraction of sp³-hybridized carbons (Fsp3) is 0.800. The van der Waals surface area contributed by atoms with E-state index >= 15 is 0 Å². The molecule has 0 fully saturated rings. The van der Waals surface area contributed by atoms with E-state index in [2.05, 4.69) is 38.2 Å². The number of carboxylic acid groups (broad SMARTS) is 1. The van der Waals surface area contributed by atoms with Gasteiger partial charge in [-0.1, -0.05) is 141 Å². The maximum Gasteiger partial charge on any atom is 0.332 e. The Labute approximate surface area is 277 Å². The van der Waals surface area contributed by atoms with Crippen molar-refractivity contribution in [3.63, 3.8) is 0 Å². The number of carboxylic acids is 1. The molecule has 1 N–H and O–H groups in total. The summed E-state index contributed by atoms with van der Waals surface area (Å²) in [6.45, 7) is 5.56. The molecule has 0 atom stereocenters. The van der Waals surface area contributed by atoms with E-state index in [1.807, 2.05) is 0 Å². The van der Waals surface area contributed by atoms with E-state index in [1.165, 1.54) is 77.0 Å². The molecule has 0 aliphatic rings. The van der Waals surface area contributed by atoms with Crippen molar-refractivity contribution < 1.29 is 24.3 Å². The van der Waals surface area contributed by atoms with E-state index in [-0.39, 0.29) is 12.8 Å². The van der Waals surface area contributed by atoms with Crippen LogP contribution in [0.3, 0.4) is 0 Å². The second kappa shape index (κ2) is 30.6. The Hall–Kier alpha value is -2.04. The van der Waals surface area contributed by atoms with E-state index in [9.17, 15) is 24.3 Å². The normalized spacial score (nSPS) is 13.0. The molecule has 0 saturated heterocycles. The van der Waals surface area contributed by atoms with Gasteiger partial charge in [0, 0.05) is 12.8 Å². The third kappa shape index (κ3) is 21.4. The third-order valence-electron chi connectivity index (χ3n) is 9.02. The van der Waals surface area contributed by atoms with E-state index in [4.69, 9.17) is 0 Å². The highest BCUT2D eigenvalue weighted by atomic mass is 16.4. The molecular formula is C40H70O5. The van der Waals surface area contributed by atoms with Gasteiger partial charge in [0.15, 0.2) is 17.3 Å². The number of hydrogen-bond acceptors (Lipinski definition) is 4. The molecule has 5 heteroatoms. The summed E-state index contributed by atoms with van der Waals surface area (Å²) in [5.74, 6) is -3.94. The molecule has 0 heterocycles. The molecule has 0 radical (unpaired) electrons. The van der Waals surface area contributed by atoms with Gasteiger partial charge in [0.25, 0.3) is 0 Å². The van der Waals surface area contributed by atoms with Crippen LogP contribution in [0, 0.1) is 5.41 Å². The van der Waals surface area contributed by atoms with Crippen LogP contribution in [0.2, 0.25) is 0 Å². The molecule has 5 nitrogen and oxygen atoms in total. The lowest BCUT2D eigenvalue weighted by atomic mass is 9.72. The fourth-order valence-electron chi connectivity index (χ4n) is 6.02. The van der Waals surface area contributed by atoms with Crippen LogP contribution in [-0.2, 0) is 19.2 Å². The van der Waals surface area contributed by atoms with Crippen molar-refractivity contribution in [2.24, 2.45) is 5.41 Å². The summed E-state index contributed by atoms with van der Waals surface area (Å²) in [4.78, 5) is 50.8. The predicted octanol–water partition coefficient (Wildman–Crippen LogP) is 11.9. The Kier molecular flexibility index (Phi) is 29.2. The van der Waals surface area contributed by atoms with Crippen molar-refractivity contribution in [2.75, 3.05) is 0 Å². The molecule has 0 unspecified atom stereocenters. The van der Waals surface area contributed by atoms with E-state index in [0.717, 1.165) is 84.0 Å². The molecule has 0 aromatic heterocycles. The Bertz CT molecular complexity index is 757. The van der Waals surface area contributed by atoms with E-state index in [1.54, 1.807) is 0 Å². The molecule has 0 spiro atoms. The second-order valence-corrected chi connectivity index (χ2v) is 13.1. The van der Waals surface area contributed by atoms with Gasteiger partial charge < -0.3 is 5.11 Å². The third-order valence-corrected chi connectivity index (χ3v) is 9.02. The minimum atomic E-state index is -2.53. The topological polar surface area (TPSA) is 88.5 Å². The summed E-state index contributed by atoms with van der Waals surface area (Å²) in [6.07, 6.45) is 38.2. The van der Waals surface area contributed by atoms with E-state index in [0.29, 0.717) is 12.8 Å². The number of carbonyl (C=O) groups is 4. The van der Waals surface area contributed by atoms with Crippen LogP contribution in [-0.4, -0.2) is 28.4 Å². The van der Waals surface area contributed by atoms with Gasteiger partial charge >= 0.3 is 5.97 Å².